The lowest BCUT2D eigenvalue weighted by atomic mass is 10.1. The molecule has 0 atom stereocenters. The van der Waals surface area contributed by atoms with Crippen LogP contribution in [0.5, 0.6) is 0 Å². The number of para-hydroxylation sites is 1. The summed E-state index contributed by atoms with van der Waals surface area (Å²) in [7, 11) is -2.73. The molecule has 0 aliphatic heterocycles. The van der Waals surface area contributed by atoms with Crippen LogP contribution in [0, 0.1) is 0 Å². The van der Waals surface area contributed by atoms with Gasteiger partial charge >= 0.3 is 11.9 Å². The summed E-state index contributed by atoms with van der Waals surface area (Å²) in [4.78, 5) is 31.6. The van der Waals surface area contributed by atoms with Gasteiger partial charge in [-0.3, -0.25) is 0 Å². The molecule has 8 heteroatoms. The van der Waals surface area contributed by atoms with Crippen LogP contribution in [-0.4, -0.2) is 30.3 Å². The van der Waals surface area contributed by atoms with Crippen molar-refractivity contribution in [1.82, 2.24) is 4.57 Å². The van der Waals surface area contributed by atoms with Gasteiger partial charge in [0, 0.05) is 23.6 Å². The first-order valence-corrected chi connectivity index (χ1v) is 9.11. The number of benzene rings is 2. The van der Waals surface area contributed by atoms with Gasteiger partial charge in [0.2, 0.25) is 10.3 Å². The van der Waals surface area contributed by atoms with Crippen LogP contribution in [-0.2, 0) is 42.6 Å². The Balaban J connectivity index is 1.77. The predicted octanol–water partition coefficient (Wildman–Crippen LogP) is 1.91. The average molecular weight is 385 g/mol. The fourth-order valence-electron chi connectivity index (χ4n) is 2.75. The number of hydrogen-bond donors (Lipinski definition) is 0. The Morgan fingerprint density at radius 2 is 1.67 bits per heavy atom. The zero-order chi connectivity index (χ0) is 19.2. The molecule has 0 saturated carbocycles. The van der Waals surface area contributed by atoms with Gasteiger partial charge in [-0.05, 0) is 17.2 Å². The van der Waals surface area contributed by atoms with E-state index >= 15 is 0 Å². The molecule has 0 aliphatic carbocycles. The summed E-state index contributed by atoms with van der Waals surface area (Å²) in [6.45, 7) is 0.635. The highest BCUT2D eigenvalue weighted by molar-refractivity contribution is 7.73. The lowest BCUT2D eigenvalue weighted by Gasteiger charge is -2.05. The first-order valence-electron chi connectivity index (χ1n) is 7.98. The van der Waals surface area contributed by atoms with Crippen LogP contribution in [0.15, 0.2) is 60.8 Å². The van der Waals surface area contributed by atoms with Crippen molar-refractivity contribution in [2.75, 3.05) is 0 Å². The first kappa shape index (κ1) is 18.4. The Morgan fingerprint density at radius 1 is 0.963 bits per heavy atom. The summed E-state index contributed by atoms with van der Waals surface area (Å²) in [6, 6.07) is 17.5. The van der Waals surface area contributed by atoms with E-state index in [1.165, 1.54) is 0 Å². The molecule has 0 fully saturated rings. The van der Waals surface area contributed by atoms with Crippen molar-refractivity contribution < 1.29 is 27.8 Å². The molecule has 7 nitrogen and oxygen atoms in total. The molecule has 3 rings (SSSR count). The Hall–Kier alpha value is -3.39. The van der Waals surface area contributed by atoms with Crippen LogP contribution in [0.25, 0.3) is 10.9 Å². The summed E-state index contributed by atoms with van der Waals surface area (Å²) in [6.07, 6.45) is 1.72. The highest BCUT2D eigenvalue weighted by Crippen LogP contribution is 2.23. The molecule has 0 radical (unpaired) electrons. The van der Waals surface area contributed by atoms with Crippen LogP contribution >= 0.6 is 0 Å². The molecule has 1 heterocycles. The molecule has 3 aromatic rings. The van der Waals surface area contributed by atoms with E-state index in [0.717, 1.165) is 16.5 Å². The van der Waals surface area contributed by atoms with Gasteiger partial charge in [-0.15, -0.1) is 0 Å². The average Bonchev–Trinajstić information content (AvgIpc) is 2.98. The second kappa shape index (κ2) is 8.33. The Labute approximate surface area is 156 Å². The molecule has 27 heavy (non-hydrogen) atoms. The quantitative estimate of drug-likeness (QED) is 0.379. The number of hydrogen-bond acceptors (Lipinski definition) is 6. The molecular weight excluding hydrogens is 370 g/mol. The number of nitrogens with zero attached hydrogens (tertiary/aromatic N) is 1. The van der Waals surface area contributed by atoms with Gasteiger partial charge in [-0.2, -0.15) is 8.42 Å². The second-order valence-corrected chi connectivity index (χ2v) is 6.45. The maximum Gasteiger partial charge on any atom is 0.394 e. The van der Waals surface area contributed by atoms with E-state index in [1.54, 1.807) is 0 Å². The molecular formula is C19H15NO6S. The van der Waals surface area contributed by atoms with E-state index in [4.69, 9.17) is 0 Å². The summed E-state index contributed by atoms with van der Waals surface area (Å²) in [5.74, 6) is -2.08. The molecule has 0 aliphatic rings. The highest BCUT2D eigenvalue weighted by atomic mass is 32.2. The summed E-state index contributed by atoms with van der Waals surface area (Å²) < 4.78 is 22.7. The fraction of sp³-hybridized carbons (Fsp3) is 0.105. The van der Waals surface area contributed by atoms with Crippen molar-refractivity contribution in [3.8, 4) is 0 Å². The largest absolute Gasteiger partial charge is 0.394 e. The number of aromatic nitrogens is 1. The summed E-state index contributed by atoms with van der Waals surface area (Å²) in [5.41, 5.74) is 2.78. The van der Waals surface area contributed by atoms with Crippen molar-refractivity contribution in [3.05, 3.63) is 71.9 Å². The Kier molecular flexibility index (Phi) is 5.68. The molecule has 1 aromatic heterocycles. The minimum Gasteiger partial charge on any atom is -0.343 e. The van der Waals surface area contributed by atoms with Gasteiger partial charge in [-0.25, -0.2) is 19.4 Å². The molecule has 2 aromatic carbocycles. The smallest absolute Gasteiger partial charge is 0.343 e. The summed E-state index contributed by atoms with van der Waals surface area (Å²) >= 11 is 0. The zero-order valence-electron chi connectivity index (χ0n) is 14.1. The molecule has 0 unspecified atom stereocenters. The minimum atomic E-state index is -2.73. The van der Waals surface area contributed by atoms with Crippen LogP contribution in [0.3, 0.4) is 0 Å². The lowest BCUT2D eigenvalue weighted by Crippen LogP contribution is -2.14. The van der Waals surface area contributed by atoms with Crippen LogP contribution in [0.4, 0.5) is 0 Å². The number of fused-ring (bicyclic) bond motifs is 1. The molecule has 0 spiro atoms. The minimum absolute atomic E-state index is 0.129. The Bertz CT molecular complexity index is 1110. The van der Waals surface area contributed by atoms with E-state index in [-0.39, 0.29) is 11.8 Å². The maximum absolute atomic E-state index is 11.9. The van der Waals surface area contributed by atoms with Gasteiger partial charge < -0.3 is 4.57 Å². The van der Waals surface area contributed by atoms with E-state index < -0.39 is 22.2 Å². The summed E-state index contributed by atoms with van der Waals surface area (Å²) in [5, 5.41) is 1.14. The lowest BCUT2D eigenvalue weighted by molar-refractivity contribution is -0.252. The van der Waals surface area contributed by atoms with E-state index in [9.17, 15) is 18.0 Å². The van der Waals surface area contributed by atoms with Crippen molar-refractivity contribution in [1.29, 1.82) is 0 Å². The molecule has 0 amide bonds. The fourth-order valence-corrected chi connectivity index (χ4v) is 2.94. The zero-order valence-corrected chi connectivity index (χ0v) is 14.9. The monoisotopic (exact) mass is 385 g/mol. The first-order chi connectivity index (χ1) is 13.0. The Morgan fingerprint density at radius 3 is 2.41 bits per heavy atom. The van der Waals surface area contributed by atoms with Crippen LogP contribution in [0.1, 0.15) is 11.1 Å². The molecule has 0 saturated heterocycles. The molecule has 0 bridgehead atoms. The van der Waals surface area contributed by atoms with Crippen molar-refractivity contribution in [2.45, 2.75) is 13.0 Å². The van der Waals surface area contributed by atoms with Crippen molar-refractivity contribution >= 4 is 38.5 Å². The van der Waals surface area contributed by atoms with Gasteiger partial charge in [0.1, 0.15) is 5.37 Å². The number of carbonyl (C=O) groups is 2. The van der Waals surface area contributed by atoms with Gasteiger partial charge in [0.25, 0.3) is 0 Å². The van der Waals surface area contributed by atoms with Gasteiger partial charge in [-0.1, -0.05) is 48.5 Å². The van der Waals surface area contributed by atoms with E-state index in [1.807, 2.05) is 65.4 Å². The normalized spacial score (nSPS) is 10.4. The molecule has 0 N–H and O–H groups in total. The third-order valence-electron chi connectivity index (χ3n) is 3.81. The SMILES string of the molecule is O=C(C=S(=O)=O)OOC(=O)Cc1cn(Cc2ccccc2)c2ccccc12. The third kappa shape index (κ3) is 4.83. The molecule has 138 valence electrons. The van der Waals surface area contributed by atoms with E-state index in [0.29, 0.717) is 12.1 Å². The standard InChI is InChI=1S/C19H15NO6S/c21-18(25-26-19(22)13-27(23)24)10-15-12-20(11-14-6-2-1-3-7-14)17-9-5-4-8-16(15)17/h1-9,12-13H,10-11H2. The second-order valence-electron chi connectivity index (χ2n) is 5.70. The highest BCUT2D eigenvalue weighted by Gasteiger charge is 2.15. The van der Waals surface area contributed by atoms with Gasteiger partial charge in [0.15, 0.2) is 0 Å². The predicted molar refractivity (Wildman–Crippen MR) is 98.4 cm³/mol. The van der Waals surface area contributed by atoms with Gasteiger partial charge in [0.05, 0.1) is 6.42 Å². The van der Waals surface area contributed by atoms with Crippen LogP contribution < -0.4 is 0 Å². The van der Waals surface area contributed by atoms with E-state index in [2.05, 4.69) is 9.78 Å². The maximum atomic E-state index is 11.9. The van der Waals surface area contributed by atoms with Crippen molar-refractivity contribution in [2.24, 2.45) is 0 Å². The topological polar surface area (TPSA) is 91.7 Å². The third-order valence-corrected chi connectivity index (χ3v) is 4.20. The van der Waals surface area contributed by atoms with Crippen LogP contribution in [0.2, 0.25) is 0 Å². The number of rotatable bonds is 5. The number of carbonyl (C=O) groups excluding carboxylic acids is 2. The van der Waals surface area contributed by atoms with Crippen molar-refractivity contribution in [3.63, 3.8) is 0 Å².